The highest BCUT2D eigenvalue weighted by atomic mass is 32.2. The molecule has 0 bridgehead atoms. The van der Waals surface area contributed by atoms with Gasteiger partial charge in [-0.2, -0.15) is 0 Å². The van der Waals surface area contributed by atoms with Crippen molar-refractivity contribution in [1.29, 1.82) is 0 Å². The average Bonchev–Trinajstić information content (AvgIpc) is 2.98. The minimum Gasteiger partial charge on any atom is -0.351 e. The first-order chi connectivity index (χ1) is 11.7. The zero-order chi connectivity index (χ0) is 18.4. The Morgan fingerprint density at radius 3 is 2.68 bits per heavy atom. The van der Waals surface area contributed by atoms with E-state index in [0.29, 0.717) is 12.2 Å². The molecule has 6 nitrogen and oxygen atoms in total. The molecule has 0 unspecified atom stereocenters. The predicted octanol–water partition coefficient (Wildman–Crippen LogP) is 2.40. The molecule has 1 saturated heterocycles. The first-order valence-electron chi connectivity index (χ1n) is 8.08. The van der Waals surface area contributed by atoms with E-state index >= 15 is 0 Å². The number of nitrogens with zero attached hydrogens (tertiary/aromatic N) is 2. The van der Waals surface area contributed by atoms with E-state index in [-0.39, 0.29) is 28.7 Å². The summed E-state index contributed by atoms with van der Waals surface area (Å²) in [5, 5.41) is 4.32. The molecule has 0 radical (unpaired) electrons. The Morgan fingerprint density at radius 2 is 2.04 bits per heavy atom. The van der Waals surface area contributed by atoms with E-state index in [1.807, 2.05) is 20.8 Å². The smallest absolute Gasteiger partial charge is 0.233 e. The summed E-state index contributed by atoms with van der Waals surface area (Å²) < 4.78 is 23.1. The SMILES string of the molecule is Cc1nc(S[C@@H](C)C(=O)N[C@@H]2CCS(=O)(=O)C2)c2c(C)c(C)sc2n1. The maximum absolute atomic E-state index is 12.5. The van der Waals surface area contributed by atoms with Gasteiger partial charge in [0.2, 0.25) is 5.91 Å². The van der Waals surface area contributed by atoms with Crippen LogP contribution in [0.2, 0.25) is 0 Å². The zero-order valence-electron chi connectivity index (χ0n) is 14.6. The van der Waals surface area contributed by atoms with Gasteiger partial charge in [0.1, 0.15) is 15.7 Å². The number of aromatic nitrogens is 2. The van der Waals surface area contributed by atoms with Crippen molar-refractivity contribution in [3.8, 4) is 0 Å². The molecule has 1 amide bonds. The lowest BCUT2D eigenvalue weighted by Gasteiger charge is -2.16. The Labute approximate surface area is 155 Å². The van der Waals surface area contributed by atoms with Gasteiger partial charge >= 0.3 is 0 Å². The molecule has 2 aromatic heterocycles. The van der Waals surface area contributed by atoms with E-state index in [9.17, 15) is 13.2 Å². The van der Waals surface area contributed by atoms with Crippen LogP contribution in [0.3, 0.4) is 0 Å². The molecule has 1 N–H and O–H groups in total. The number of fused-ring (bicyclic) bond motifs is 1. The van der Waals surface area contributed by atoms with Crippen molar-refractivity contribution in [1.82, 2.24) is 15.3 Å². The number of carbonyl (C=O) groups is 1. The molecule has 0 spiro atoms. The van der Waals surface area contributed by atoms with Crippen molar-refractivity contribution < 1.29 is 13.2 Å². The molecular weight excluding hydrogens is 378 g/mol. The van der Waals surface area contributed by atoms with E-state index < -0.39 is 9.84 Å². The molecule has 2 atom stereocenters. The standard InChI is InChI=1S/C16H21N3O3S3/c1-8-9(2)23-15-13(8)16(18-11(4)17-15)24-10(3)14(20)19-12-5-6-25(21,22)7-12/h10,12H,5-7H2,1-4H3,(H,19,20)/t10-,12+/m0/s1. The van der Waals surface area contributed by atoms with Gasteiger partial charge in [-0.05, 0) is 39.7 Å². The molecule has 3 rings (SSSR count). The maximum atomic E-state index is 12.5. The fourth-order valence-corrected chi connectivity index (χ4v) is 6.72. The van der Waals surface area contributed by atoms with Crippen LogP contribution in [-0.2, 0) is 14.6 Å². The highest BCUT2D eigenvalue weighted by molar-refractivity contribution is 8.00. The topological polar surface area (TPSA) is 89.0 Å². The van der Waals surface area contributed by atoms with Gasteiger partial charge in [0, 0.05) is 16.3 Å². The number of thioether (sulfide) groups is 1. The molecule has 9 heteroatoms. The fraction of sp³-hybridized carbons (Fsp3) is 0.562. The lowest BCUT2D eigenvalue weighted by molar-refractivity contribution is -0.120. The number of hydrogen-bond acceptors (Lipinski definition) is 7. The summed E-state index contributed by atoms with van der Waals surface area (Å²) in [5.41, 5.74) is 1.15. The number of rotatable bonds is 4. The van der Waals surface area contributed by atoms with Gasteiger partial charge in [-0.15, -0.1) is 11.3 Å². The largest absolute Gasteiger partial charge is 0.351 e. The Bertz CT molecular complexity index is 937. The number of nitrogens with one attached hydrogen (secondary N) is 1. The van der Waals surface area contributed by atoms with E-state index in [1.54, 1.807) is 11.3 Å². The number of hydrogen-bond donors (Lipinski definition) is 1. The van der Waals surface area contributed by atoms with Gasteiger partial charge in [0.05, 0.1) is 16.8 Å². The second-order valence-corrected chi connectivity index (χ2v) is 11.2. The van der Waals surface area contributed by atoms with E-state index in [1.165, 1.54) is 16.6 Å². The maximum Gasteiger partial charge on any atom is 0.233 e. The van der Waals surface area contributed by atoms with E-state index in [2.05, 4.69) is 22.2 Å². The molecule has 2 aromatic rings. The molecule has 0 aliphatic carbocycles. The molecule has 25 heavy (non-hydrogen) atoms. The average molecular weight is 400 g/mol. The number of thiophene rings is 1. The number of aryl methyl sites for hydroxylation is 3. The third-order valence-electron chi connectivity index (χ3n) is 4.34. The number of amides is 1. The minimum atomic E-state index is -3.00. The summed E-state index contributed by atoms with van der Waals surface area (Å²) >= 11 is 3.04. The molecule has 1 fully saturated rings. The van der Waals surface area contributed by atoms with Crippen LogP contribution in [0.15, 0.2) is 5.03 Å². The third-order valence-corrected chi connectivity index (χ3v) is 8.30. The van der Waals surface area contributed by atoms with Crippen LogP contribution in [0.4, 0.5) is 0 Å². The molecule has 0 saturated carbocycles. The van der Waals surface area contributed by atoms with Gasteiger partial charge in [0.25, 0.3) is 0 Å². The summed E-state index contributed by atoms with van der Waals surface area (Å²) in [4.78, 5) is 23.6. The summed E-state index contributed by atoms with van der Waals surface area (Å²) in [6, 6.07) is -0.280. The second kappa shape index (κ2) is 6.85. The van der Waals surface area contributed by atoms with Crippen LogP contribution >= 0.6 is 23.1 Å². The predicted molar refractivity (Wildman–Crippen MR) is 102 cm³/mol. The Balaban J connectivity index is 1.77. The quantitative estimate of drug-likeness (QED) is 0.627. The van der Waals surface area contributed by atoms with Crippen molar-refractivity contribution in [2.24, 2.45) is 0 Å². The van der Waals surface area contributed by atoms with Crippen LogP contribution in [0.25, 0.3) is 10.2 Å². The molecule has 3 heterocycles. The van der Waals surface area contributed by atoms with Crippen molar-refractivity contribution >= 4 is 49.1 Å². The van der Waals surface area contributed by atoms with Crippen LogP contribution in [-0.4, -0.2) is 47.1 Å². The fourth-order valence-electron chi connectivity index (χ4n) is 2.85. The summed E-state index contributed by atoms with van der Waals surface area (Å²) in [7, 11) is -3.00. The van der Waals surface area contributed by atoms with Gasteiger partial charge in [0.15, 0.2) is 9.84 Å². The Kier molecular flexibility index (Phi) is 5.09. The van der Waals surface area contributed by atoms with Gasteiger partial charge < -0.3 is 5.32 Å². The minimum absolute atomic E-state index is 0.0375. The van der Waals surface area contributed by atoms with Gasteiger partial charge in [-0.1, -0.05) is 11.8 Å². The van der Waals surface area contributed by atoms with Gasteiger partial charge in [-0.3, -0.25) is 4.79 Å². The normalized spacial score (nSPS) is 20.7. The molecular formula is C16H21N3O3S3. The van der Waals surface area contributed by atoms with Crippen molar-refractivity contribution in [3.05, 3.63) is 16.3 Å². The monoisotopic (exact) mass is 399 g/mol. The zero-order valence-corrected chi connectivity index (χ0v) is 17.1. The van der Waals surface area contributed by atoms with Crippen molar-refractivity contribution in [2.45, 2.75) is 50.4 Å². The van der Waals surface area contributed by atoms with Crippen molar-refractivity contribution in [3.63, 3.8) is 0 Å². The van der Waals surface area contributed by atoms with E-state index in [0.717, 1.165) is 20.8 Å². The highest BCUT2D eigenvalue weighted by Gasteiger charge is 2.30. The van der Waals surface area contributed by atoms with Crippen molar-refractivity contribution in [2.75, 3.05) is 11.5 Å². The number of carbonyl (C=O) groups excluding carboxylic acids is 1. The summed E-state index contributed by atoms with van der Waals surface area (Å²) in [5.74, 6) is 0.723. The van der Waals surface area contributed by atoms with Crippen LogP contribution in [0, 0.1) is 20.8 Å². The molecule has 0 aromatic carbocycles. The highest BCUT2D eigenvalue weighted by Crippen LogP contribution is 2.36. The first kappa shape index (κ1) is 18.6. The van der Waals surface area contributed by atoms with E-state index in [4.69, 9.17) is 0 Å². The Morgan fingerprint density at radius 1 is 1.32 bits per heavy atom. The van der Waals surface area contributed by atoms with Crippen LogP contribution < -0.4 is 5.32 Å². The summed E-state index contributed by atoms with van der Waals surface area (Å²) in [6.07, 6.45) is 0.491. The van der Waals surface area contributed by atoms with Gasteiger partial charge in [-0.25, -0.2) is 18.4 Å². The molecule has 1 aliphatic rings. The molecule has 136 valence electrons. The Hall–Kier alpha value is -1.19. The molecule has 1 aliphatic heterocycles. The lowest BCUT2D eigenvalue weighted by Crippen LogP contribution is -2.39. The van der Waals surface area contributed by atoms with Crippen LogP contribution in [0.1, 0.15) is 29.6 Å². The first-order valence-corrected chi connectivity index (χ1v) is 11.6. The third kappa shape index (κ3) is 3.98. The number of sulfone groups is 1. The van der Waals surface area contributed by atoms with Crippen LogP contribution in [0.5, 0.6) is 0 Å². The lowest BCUT2D eigenvalue weighted by atomic mass is 10.2. The summed E-state index contributed by atoms with van der Waals surface area (Å²) in [6.45, 7) is 7.77. The second-order valence-electron chi connectivity index (χ2n) is 6.41.